The van der Waals surface area contributed by atoms with Crippen molar-refractivity contribution in [1.82, 2.24) is 24.9 Å². The van der Waals surface area contributed by atoms with Crippen LogP contribution < -0.4 is 0 Å². The zero-order valence-corrected chi connectivity index (χ0v) is 36.8. The molecule has 318 valence electrons. The molecule has 0 unspecified atom stereocenters. The number of hydrogen-bond acceptors (Lipinski definition) is 7. The number of furan rings is 2. The minimum absolute atomic E-state index is 0.680. The first-order chi connectivity index (χ1) is 31.5. The minimum Gasteiger partial charge on any atom is -0.437 e. The first-order valence-electron chi connectivity index (χ1n) is 23.0. The third-order valence-corrected chi connectivity index (χ3v) is 12.6. The van der Waals surface area contributed by atoms with E-state index in [4.69, 9.17) is 23.8 Å². The first kappa shape index (κ1) is 41.0. The molecule has 0 radical (unpaired) electrons. The van der Waals surface area contributed by atoms with E-state index in [0.717, 1.165) is 104 Å². The number of nitrogens with zero attached hydrogens (tertiary/aromatic N) is 5. The van der Waals surface area contributed by atoms with Crippen molar-refractivity contribution in [3.05, 3.63) is 174 Å². The Morgan fingerprint density at radius 3 is 1.38 bits per heavy atom. The van der Waals surface area contributed by atoms with Gasteiger partial charge in [-0.3, -0.25) is 15.0 Å². The summed E-state index contributed by atoms with van der Waals surface area (Å²) in [6, 6.07) is 42.9. The Balaban J connectivity index is 0.628. The van der Waals surface area contributed by atoms with E-state index in [0.29, 0.717) is 11.4 Å². The summed E-state index contributed by atoms with van der Waals surface area (Å²) in [7, 11) is 0. The molecule has 0 atom stereocenters. The molecule has 7 aromatic heterocycles. The van der Waals surface area contributed by atoms with Gasteiger partial charge in [0, 0.05) is 68.2 Å². The lowest BCUT2D eigenvalue weighted by molar-refractivity contribution is 0.639. The fourth-order valence-corrected chi connectivity index (χ4v) is 9.06. The van der Waals surface area contributed by atoms with Crippen LogP contribution in [0.15, 0.2) is 149 Å². The summed E-state index contributed by atoms with van der Waals surface area (Å²) in [5, 5.41) is 4.24. The lowest BCUT2D eigenvalue weighted by Crippen LogP contribution is -1.92. The quantitative estimate of drug-likeness (QED) is 0.0843. The molecule has 0 saturated heterocycles. The third kappa shape index (κ3) is 9.07. The molecular formula is C57H53N5O2. The largest absolute Gasteiger partial charge is 0.437 e. The van der Waals surface area contributed by atoms with Crippen LogP contribution in [-0.2, 0) is 25.7 Å². The van der Waals surface area contributed by atoms with Gasteiger partial charge in [0.25, 0.3) is 0 Å². The van der Waals surface area contributed by atoms with Crippen LogP contribution in [0.2, 0.25) is 0 Å². The predicted molar refractivity (Wildman–Crippen MR) is 260 cm³/mol. The van der Waals surface area contributed by atoms with E-state index in [-0.39, 0.29) is 0 Å². The molecule has 3 aromatic carbocycles. The number of unbranched alkanes of at least 4 members (excludes halogenated alkanes) is 6. The van der Waals surface area contributed by atoms with Crippen molar-refractivity contribution < 1.29 is 8.83 Å². The molecule has 7 heterocycles. The maximum absolute atomic E-state index is 6.21. The van der Waals surface area contributed by atoms with Crippen LogP contribution in [0.4, 0.5) is 0 Å². The molecule has 0 aliphatic heterocycles. The van der Waals surface area contributed by atoms with E-state index >= 15 is 0 Å². The van der Waals surface area contributed by atoms with Gasteiger partial charge >= 0.3 is 0 Å². The van der Waals surface area contributed by atoms with Crippen LogP contribution in [0.25, 0.3) is 77.9 Å². The van der Waals surface area contributed by atoms with Gasteiger partial charge in [-0.2, -0.15) is 0 Å². The van der Waals surface area contributed by atoms with Gasteiger partial charge in [-0.1, -0.05) is 86.3 Å². The molecular weight excluding hydrogens is 787 g/mol. The molecule has 0 bridgehead atoms. The van der Waals surface area contributed by atoms with Gasteiger partial charge in [0.2, 0.25) is 11.4 Å². The number of para-hydroxylation sites is 2. The Bertz CT molecular complexity index is 3180. The standard InChI is InChI=1S/C57H53N5O2/c1-38-21-29-47-45-17-11-19-49(54(45)63-56(47)61-38)51-31-25-42(36-59-51)15-9-5-3-7-13-40-23-27-44(28-24-40)53-35-41(33-34-58-53)14-8-4-6-10-16-43-26-32-52(60-37-43)50-20-12-18-46-48-30-22-39(2)62-57(48)64-55(46)50/h11-12,17-37H,3-10,13-16H2,1-2H3. The SMILES string of the molecule is Cc1ccc2c(n1)oc1c(-c3ccc(CCCCCCc4ccc(-c5cc(CCCCCCc6ccc(-c7cccc8c7oc7nc(C)ccc78)nc6)ccn5)cc4)cn3)cccc12. The van der Waals surface area contributed by atoms with E-state index in [9.17, 15) is 0 Å². The van der Waals surface area contributed by atoms with Crippen LogP contribution in [-0.4, -0.2) is 24.9 Å². The fourth-order valence-electron chi connectivity index (χ4n) is 9.06. The summed E-state index contributed by atoms with van der Waals surface area (Å²) in [5.74, 6) is 0. The second-order valence-corrected chi connectivity index (χ2v) is 17.4. The van der Waals surface area contributed by atoms with Crippen molar-refractivity contribution in [3.8, 4) is 33.8 Å². The van der Waals surface area contributed by atoms with Crippen molar-refractivity contribution in [2.75, 3.05) is 0 Å². The molecule has 0 amide bonds. The summed E-state index contributed by atoms with van der Waals surface area (Å²) in [5.41, 5.74) is 16.4. The number of benzene rings is 3. The smallest absolute Gasteiger partial charge is 0.227 e. The second kappa shape index (κ2) is 18.8. The normalized spacial score (nSPS) is 11.7. The van der Waals surface area contributed by atoms with Crippen molar-refractivity contribution in [1.29, 1.82) is 0 Å². The number of aromatic nitrogens is 5. The van der Waals surface area contributed by atoms with Crippen molar-refractivity contribution >= 4 is 44.1 Å². The van der Waals surface area contributed by atoms with E-state index in [1.807, 2.05) is 44.6 Å². The topological polar surface area (TPSA) is 90.7 Å². The number of hydrogen-bond donors (Lipinski definition) is 0. The Labute approximate surface area is 374 Å². The van der Waals surface area contributed by atoms with Gasteiger partial charge < -0.3 is 8.83 Å². The van der Waals surface area contributed by atoms with Gasteiger partial charge in [-0.05, 0) is 148 Å². The number of rotatable bonds is 17. The third-order valence-electron chi connectivity index (χ3n) is 12.6. The van der Waals surface area contributed by atoms with E-state index in [2.05, 4.69) is 119 Å². The molecule has 7 heteroatoms. The summed E-state index contributed by atoms with van der Waals surface area (Å²) in [6.45, 7) is 3.97. The maximum Gasteiger partial charge on any atom is 0.227 e. The van der Waals surface area contributed by atoms with Crippen LogP contribution in [0.1, 0.15) is 85.0 Å². The summed E-state index contributed by atoms with van der Waals surface area (Å²) < 4.78 is 12.4. The number of pyridine rings is 5. The van der Waals surface area contributed by atoms with E-state index in [1.165, 1.54) is 72.8 Å². The zero-order valence-electron chi connectivity index (χ0n) is 36.8. The van der Waals surface area contributed by atoms with Crippen LogP contribution in [0.3, 0.4) is 0 Å². The van der Waals surface area contributed by atoms with Gasteiger partial charge in [0.05, 0.1) is 17.1 Å². The Hall–Kier alpha value is -6.99. The molecule has 7 nitrogen and oxygen atoms in total. The van der Waals surface area contributed by atoms with Gasteiger partial charge in [-0.25, -0.2) is 9.97 Å². The number of aryl methyl sites for hydroxylation is 6. The van der Waals surface area contributed by atoms with Crippen molar-refractivity contribution in [2.24, 2.45) is 0 Å². The monoisotopic (exact) mass is 839 g/mol. The highest BCUT2D eigenvalue weighted by Crippen LogP contribution is 2.36. The molecule has 64 heavy (non-hydrogen) atoms. The van der Waals surface area contributed by atoms with Gasteiger partial charge in [0.15, 0.2) is 0 Å². The minimum atomic E-state index is 0.680. The van der Waals surface area contributed by atoms with E-state index < -0.39 is 0 Å². The van der Waals surface area contributed by atoms with Crippen LogP contribution >= 0.6 is 0 Å². The van der Waals surface area contributed by atoms with Crippen LogP contribution in [0, 0.1) is 13.8 Å². The van der Waals surface area contributed by atoms with Crippen molar-refractivity contribution in [3.63, 3.8) is 0 Å². The summed E-state index contributed by atoms with van der Waals surface area (Å²) in [4.78, 5) is 23.6. The lowest BCUT2D eigenvalue weighted by atomic mass is 10.0. The lowest BCUT2D eigenvalue weighted by Gasteiger charge is -2.07. The van der Waals surface area contributed by atoms with Crippen LogP contribution in [0.5, 0.6) is 0 Å². The maximum atomic E-state index is 6.21. The van der Waals surface area contributed by atoms with Gasteiger partial charge in [0.1, 0.15) is 11.2 Å². The predicted octanol–water partition coefficient (Wildman–Crippen LogP) is 14.8. The fraction of sp³-hybridized carbons (Fsp3) is 0.246. The number of fused-ring (bicyclic) bond motifs is 6. The Morgan fingerprint density at radius 1 is 0.391 bits per heavy atom. The highest BCUT2D eigenvalue weighted by atomic mass is 16.3. The first-order valence-corrected chi connectivity index (χ1v) is 23.0. The summed E-state index contributed by atoms with van der Waals surface area (Å²) >= 11 is 0. The molecule has 0 aliphatic carbocycles. The average Bonchev–Trinajstić information content (AvgIpc) is 3.89. The zero-order chi connectivity index (χ0) is 43.2. The summed E-state index contributed by atoms with van der Waals surface area (Å²) in [6.07, 6.45) is 19.8. The Morgan fingerprint density at radius 2 is 0.875 bits per heavy atom. The molecule has 0 N–H and O–H groups in total. The van der Waals surface area contributed by atoms with Gasteiger partial charge in [-0.15, -0.1) is 0 Å². The average molecular weight is 840 g/mol. The molecule has 10 aromatic rings. The molecule has 10 rings (SSSR count). The van der Waals surface area contributed by atoms with Crippen molar-refractivity contribution in [2.45, 2.75) is 90.9 Å². The highest BCUT2D eigenvalue weighted by molar-refractivity contribution is 6.09. The molecule has 0 aliphatic rings. The second-order valence-electron chi connectivity index (χ2n) is 17.4. The molecule has 0 spiro atoms. The highest BCUT2D eigenvalue weighted by Gasteiger charge is 2.16. The Kier molecular flexibility index (Phi) is 12.0. The van der Waals surface area contributed by atoms with E-state index in [1.54, 1.807) is 0 Å². The molecule has 0 fully saturated rings. The molecule has 0 saturated carbocycles.